The van der Waals surface area contributed by atoms with E-state index in [9.17, 15) is 0 Å². The van der Waals surface area contributed by atoms with Crippen LogP contribution in [-0.2, 0) is 0 Å². The van der Waals surface area contributed by atoms with Crippen molar-refractivity contribution in [1.29, 1.82) is 0 Å². The van der Waals surface area contributed by atoms with Crippen molar-refractivity contribution in [3.8, 4) is 11.1 Å². The van der Waals surface area contributed by atoms with Gasteiger partial charge in [0.15, 0.2) is 0 Å². The van der Waals surface area contributed by atoms with Gasteiger partial charge in [-0.25, -0.2) is 0 Å². The lowest BCUT2D eigenvalue weighted by molar-refractivity contribution is 1.28. The third-order valence-corrected chi connectivity index (χ3v) is 6.60. The van der Waals surface area contributed by atoms with Crippen LogP contribution in [-0.4, -0.2) is 0 Å². The molecule has 6 aromatic carbocycles. The van der Waals surface area contributed by atoms with Crippen molar-refractivity contribution < 1.29 is 0 Å². The van der Waals surface area contributed by atoms with Crippen LogP contribution < -0.4 is 9.80 Å². The Morgan fingerprint density at radius 3 is 0.800 bits per heavy atom. The molecule has 0 fully saturated rings. The van der Waals surface area contributed by atoms with Gasteiger partial charge in [0, 0.05) is 34.1 Å². The molecule has 0 aliphatic carbocycles. The number of benzene rings is 6. The average molecular weight is 519 g/mol. The van der Waals surface area contributed by atoms with Gasteiger partial charge in [-0.15, -0.1) is 0 Å². The molecule has 0 aliphatic rings. The number of nitrogens with zero attached hydrogens (tertiary/aromatic N) is 2. The van der Waals surface area contributed by atoms with Crippen molar-refractivity contribution in [3.63, 3.8) is 0 Å². The average Bonchev–Trinajstić information content (AvgIpc) is 3.05. The maximum atomic E-state index is 2.30. The lowest BCUT2D eigenvalue weighted by Crippen LogP contribution is -2.10. The highest BCUT2D eigenvalue weighted by Gasteiger charge is 2.15. The van der Waals surface area contributed by atoms with Crippen LogP contribution in [0.1, 0.15) is 13.8 Å². The first-order chi connectivity index (χ1) is 19.9. The molecule has 2 nitrogen and oxygen atoms in total. The summed E-state index contributed by atoms with van der Waals surface area (Å²) in [4.78, 5) is 4.60. The number of hydrogen-bond acceptors (Lipinski definition) is 2. The molecule has 0 atom stereocenters. The van der Waals surface area contributed by atoms with E-state index in [1.807, 2.05) is 13.8 Å². The maximum absolute atomic E-state index is 2.30. The third-order valence-electron chi connectivity index (χ3n) is 6.60. The first-order valence-corrected chi connectivity index (χ1v) is 13.9. The molecule has 0 spiro atoms. The normalized spacial score (nSPS) is 10.2. The van der Waals surface area contributed by atoms with Gasteiger partial charge in [-0.05, 0) is 83.9 Å². The number of para-hydroxylation sites is 4. The predicted molar refractivity (Wildman–Crippen MR) is 173 cm³/mol. The first kappa shape index (κ1) is 26.5. The van der Waals surface area contributed by atoms with E-state index in [0.717, 1.165) is 34.1 Å². The van der Waals surface area contributed by atoms with Crippen LogP contribution in [0.4, 0.5) is 34.1 Å². The fourth-order valence-corrected chi connectivity index (χ4v) is 4.85. The van der Waals surface area contributed by atoms with E-state index < -0.39 is 0 Å². The summed E-state index contributed by atoms with van der Waals surface area (Å²) in [5, 5.41) is 0. The van der Waals surface area contributed by atoms with E-state index in [2.05, 4.69) is 180 Å². The first-order valence-electron chi connectivity index (χ1n) is 13.9. The van der Waals surface area contributed by atoms with Crippen LogP contribution in [0.2, 0.25) is 0 Å². The molecule has 0 amide bonds. The second-order valence-corrected chi connectivity index (χ2v) is 9.11. The van der Waals surface area contributed by atoms with E-state index in [4.69, 9.17) is 0 Å². The highest BCUT2D eigenvalue weighted by atomic mass is 15.1. The minimum atomic E-state index is 1.12. The van der Waals surface area contributed by atoms with Crippen LogP contribution in [0.25, 0.3) is 11.1 Å². The fourth-order valence-electron chi connectivity index (χ4n) is 4.85. The van der Waals surface area contributed by atoms with Gasteiger partial charge in [-0.2, -0.15) is 0 Å². The molecule has 6 rings (SSSR count). The van der Waals surface area contributed by atoms with Crippen LogP contribution in [0.15, 0.2) is 170 Å². The Labute approximate surface area is 238 Å². The van der Waals surface area contributed by atoms with Crippen molar-refractivity contribution in [2.45, 2.75) is 13.8 Å². The topological polar surface area (TPSA) is 6.48 Å². The molecule has 0 aliphatic heterocycles. The van der Waals surface area contributed by atoms with Gasteiger partial charge in [-0.3, -0.25) is 0 Å². The number of anilines is 6. The Hall–Kier alpha value is -5.08. The summed E-state index contributed by atoms with van der Waals surface area (Å²) in [6, 6.07) is 59.6. The predicted octanol–water partition coefficient (Wildman–Crippen LogP) is 11.3. The maximum Gasteiger partial charge on any atom is 0.0467 e. The van der Waals surface area contributed by atoms with E-state index in [1.165, 1.54) is 11.1 Å². The molecule has 6 aromatic rings. The summed E-state index contributed by atoms with van der Waals surface area (Å²) in [7, 11) is 0. The molecule has 0 saturated carbocycles. The number of rotatable bonds is 7. The van der Waals surface area contributed by atoms with Crippen LogP contribution in [0.5, 0.6) is 0 Å². The van der Waals surface area contributed by atoms with E-state index in [-0.39, 0.29) is 0 Å². The Kier molecular flexibility index (Phi) is 8.70. The van der Waals surface area contributed by atoms with Crippen molar-refractivity contribution in [3.05, 3.63) is 170 Å². The summed E-state index contributed by atoms with van der Waals surface area (Å²) in [5.74, 6) is 0. The van der Waals surface area contributed by atoms with Crippen molar-refractivity contribution >= 4 is 34.1 Å². The Morgan fingerprint density at radius 1 is 0.275 bits per heavy atom. The Morgan fingerprint density at radius 2 is 0.525 bits per heavy atom. The van der Waals surface area contributed by atoms with E-state index in [0.29, 0.717) is 0 Å². The zero-order valence-electron chi connectivity index (χ0n) is 23.1. The van der Waals surface area contributed by atoms with Crippen molar-refractivity contribution in [2.24, 2.45) is 0 Å². The molecule has 0 unspecified atom stereocenters. The SMILES string of the molecule is CC.c1ccc(N(c2ccccc2)c2cccc(-c3cccc(N(c4ccccc4)c4ccccc4)c3)c2)cc1. The lowest BCUT2D eigenvalue weighted by Gasteiger charge is -2.27. The Bertz CT molecular complexity index is 1390. The second kappa shape index (κ2) is 13.1. The molecular formula is C38H34N2. The van der Waals surface area contributed by atoms with Gasteiger partial charge in [0.1, 0.15) is 0 Å². The minimum Gasteiger partial charge on any atom is -0.310 e. The molecule has 196 valence electrons. The quantitative estimate of drug-likeness (QED) is 0.207. The van der Waals surface area contributed by atoms with Gasteiger partial charge in [0.25, 0.3) is 0 Å². The van der Waals surface area contributed by atoms with Gasteiger partial charge >= 0.3 is 0 Å². The minimum absolute atomic E-state index is 1.12. The van der Waals surface area contributed by atoms with Gasteiger partial charge in [-0.1, -0.05) is 111 Å². The van der Waals surface area contributed by atoms with Gasteiger partial charge in [0.05, 0.1) is 0 Å². The van der Waals surface area contributed by atoms with Crippen LogP contribution in [0, 0.1) is 0 Å². The van der Waals surface area contributed by atoms with Gasteiger partial charge < -0.3 is 9.80 Å². The monoisotopic (exact) mass is 518 g/mol. The molecule has 0 saturated heterocycles. The highest BCUT2D eigenvalue weighted by Crippen LogP contribution is 2.39. The molecule has 0 N–H and O–H groups in total. The van der Waals surface area contributed by atoms with Crippen LogP contribution >= 0.6 is 0 Å². The summed E-state index contributed by atoms with van der Waals surface area (Å²) >= 11 is 0. The summed E-state index contributed by atoms with van der Waals surface area (Å²) in [6.07, 6.45) is 0. The van der Waals surface area contributed by atoms with Gasteiger partial charge in [0.2, 0.25) is 0 Å². The summed E-state index contributed by atoms with van der Waals surface area (Å²) < 4.78 is 0. The van der Waals surface area contributed by atoms with Crippen molar-refractivity contribution in [1.82, 2.24) is 0 Å². The van der Waals surface area contributed by atoms with Crippen molar-refractivity contribution in [2.75, 3.05) is 9.80 Å². The zero-order chi connectivity index (χ0) is 27.6. The fraction of sp³-hybridized carbons (Fsp3) is 0.0526. The molecule has 0 heterocycles. The second-order valence-electron chi connectivity index (χ2n) is 9.11. The third kappa shape index (κ3) is 5.98. The summed E-state index contributed by atoms with van der Waals surface area (Å²) in [6.45, 7) is 4.00. The molecule has 0 aromatic heterocycles. The number of hydrogen-bond donors (Lipinski definition) is 0. The standard InChI is InChI=1S/C36H28N2.C2H6/c1-5-17-31(18-6-1)37(32-19-7-2-8-20-32)35-25-13-15-29(27-35)30-16-14-26-36(28-30)38(33-21-9-3-10-22-33)34-23-11-4-12-24-34;1-2/h1-28H;1-2H3. The van der Waals surface area contributed by atoms with E-state index >= 15 is 0 Å². The largest absolute Gasteiger partial charge is 0.310 e. The molecule has 40 heavy (non-hydrogen) atoms. The summed E-state index contributed by atoms with van der Waals surface area (Å²) in [5.41, 5.74) is 9.09. The molecule has 2 heteroatoms. The molecule has 0 bridgehead atoms. The zero-order valence-corrected chi connectivity index (χ0v) is 23.1. The van der Waals surface area contributed by atoms with E-state index in [1.54, 1.807) is 0 Å². The molecular weight excluding hydrogens is 484 g/mol. The smallest absolute Gasteiger partial charge is 0.0467 e. The molecule has 0 radical (unpaired) electrons. The van der Waals surface area contributed by atoms with Crippen LogP contribution in [0.3, 0.4) is 0 Å². The highest BCUT2D eigenvalue weighted by molar-refractivity contribution is 5.83. The lowest BCUT2D eigenvalue weighted by atomic mass is 10.0. The Balaban J connectivity index is 0.00000158.